The van der Waals surface area contributed by atoms with Gasteiger partial charge in [0.1, 0.15) is 0 Å². The monoisotopic (exact) mass is 257 g/mol. The van der Waals surface area contributed by atoms with E-state index in [1.807, 2.05) is 18.8 Å². The van der Waals surface area contributed by atoms with E-state index in [1.165, 1.54) is 0 Å². The summed E-state index contributed by atoms with van der Waals surface area (Å²) in [6, 6.07) is 0.353. The Morgan fingerprint density at radius 3 is 2.59 bits per heavy atom. The number of aromatic nitrogens is 2. The van der Waals surface area contributed by atoms with Gasteiger partial charge in [-0.1, -0.05) is 25.9 Å². The van der Waals surface area contributed by atoms with E-state index < -0.39 is 0 Å². The first-order chi connectivity index (χ1) is 8.08. The van der Waals surface area contributed by atoms with Crippen LogP contribution in [0.4, 0.5) is 0 Å². The van der Waals surface area contributed by atoms with Crippen molar-refractivity contribution in [3.8, 4) is 0 Å². The summed E-state index contributed by atoms with van der Waals surface area (Å²) in [5, 5.41) is 7.87. The lowest BCUT2D eigenvalue weighted by molar-refractivity contribution is 0.320. The summed E-state index contributed by atoms with van der Waals surface area (Å²) in [7, 11) is 1.96. The van der Waals surface area contributed by atoms with Gasteiger partial charge in [-0.2, -0.15) is 16.7 Å². The van der Waals surface area contributed by atoms with Gasteiger partial charge in [0.2, 0.25) is 5.89 Å². The third-order valence-corrected chi connectivity index (χ3v) is 3.94. The molecule has 4 nitrogen and oxygen atoms in total. The molecule has 2 atom stereocenters. The van der Waals surface area contributed by atoms with Crippen molar-refractivity contribution < 1.29 is 4.52 Å². The fraction of sp³-hybridized carbons (Fsp3) is 0.833. The molecule has 0 radical (unpaired) electrons. The molecule has 1 aromatic heterocycles. The van der Waals surface area contributed by atoms with E-state index >= 15 is 0 Å². The smallest absolute Gasteiger partial charge is 0.231 e. The number of nitrogens with zero attached hydrogens (tertiary/aromatic N) is 2. The summed E-state index contributed by atoms with van der Waals surface area (Å²) in [6.07, 6.45) is 1.00. The first-order valence-corrected chi connectivity index (χ1v) is 7.24. The molecular formula is C12H23N3OS. The van der Waals surface area contributed by atoms with Gasteiger partial charge in [-0.25, -0.2) is 0 Å². The number of nitrogens with one attached hydrogen (secondary N) is 1. The molecule has 17 heavy (non-hydrogen) atoms. The molecule has 0 aliphatic heterocycles. The minimum absolute atomic E-state index is 0.297. The van der Waals surface area contributed by atoms with E-state index in [-0.39, 0.29) is 0 Å². The van der Waals surface area contributed by atoms with Gasteiger partial charge in [0, 0.05) is 6.04 Å². The Bertz CT molecular complexity index is 327. The number of hydrogen-bond acceptors (Lipinski definition) is 5. The van der Waals surface area contributed by atoms with Crippen molar-refractivity contribution in [1.82, 2.24) is 15.5 Å². The molecule has 0 aromatic carbocycles. The molecule has 2 unspecified atom stereocenters. The number of likely N-dealkylation sites (N-methyl/N-ethyl adjacent to an activating group) is 1. The molecule has 0 saturated carbocycles. The van der Waals surface area contributed by atoms with E-state index in [0.29, 0.717) is 17.2 Å². The molecule has 0 aliphatic carbocycles. The molecule has 1 heterocycles. The van der Waals surface area contributed by atoms with Gasteiger partial charge in [0.25, 0.3) is 0 Å². The van der Waals surface area contributed by atoms with E-state index in [2.05, 4.69) is 43.2 Å². The van der Waals surface area contributed by atoms with E-state index in [4.69, 9.17) is 4.52 Å². The second-order valence-electron chi connectivity index (χ2n) is 4.50. The lowest BCUT2D eigenvalue weighted by Crippen LogP contribution is -2.28. The summed E-state index contributed by atoms with van der Waals surface area (Å²) in [5.74, 6) is 2.69. The standard InChI is InChI=1S/C12H23N3OS/c1-6-10(9(4)13-5)12-14-11(15-16-12)7-17-8(2)3/h8-10,13H,6-7H2,1-5H3. The third-order valence-electron chi connectivity index (χ3n) is 2.85. The summed E-state index contributed by atoms with van der Waals surface area (Å²) in [5.41, 5.74) is 0. The van der Waals surface area contributed by atoms with Crippen molar-refractivity contribution in [2.75, 3.05) is 7.05 Å². The minimum atomic E-state index is 0.297. The lowest BCUT2D eigenvalue weighted by Gasteiger charge is -2.17. The maximum Gasteiger partial charge on any atom is 0.231 e. The largest absolute Gasteiger partial charge is 0.339 e. The van der Waals surface area contributed by atoms with Crippen LogP contribution in [-0.2, 0) is 5.75 Å². The number of hydrogen-bond donors (Lipinski definition) is 1. The summed E-state index contributed by atoms with van der Waals surface area (Å²) >= 11 is 1.83. The van der Waals surface area contributed by atoms with E-state index in [0.717, 1.165) is 23.9 Å². The molecule has 1 rings (SSSR count). The van der Waals surface area contributed by atoms with Crippen LogP contribution in [-0.4, -0.2) is 28.5 Å². The van der Waals surface area contributed by atoms with Crippen LogP contribution in [0.5, 0.6) is 0 Å². The zero-order valence-corrected chi connectivity index (χ0v) is 12.2. The molecule has 0 amide bonds. The molecule has 0 fully saturated rings. The Morgan fingerprint density at radius 1 is 1.35 bits per heavy atom. The topological polar surface area (TPSA) is 51.0 Å². The summed E-state index contributed by atoms with van der Waals surface area (Å²) in [4.78, 5) is 4.48. The molecule has 0 spiro atoms. The third kappa shape index (κ3) is 4.32. The predicted molar refractivity (Wildman–Crippen MR) is 72.3 cm³/mol. The van der Waals surface area contributed by atoms with Crippen LogP contribution in [0.2, 0.25) is 0 Å². The fourth-order valence-corrected chi connectivity index (χ4v) is 2.26. The van der Waals surface area contributed by atoms with Gasteiger partial charge >= 0.3 is 0 Å². The SMILES string of the molecule is CCC(c1nc(CSC(C)C)no1)C(C)NC. The molecule has 0 saturated heterocycles. The predicted octanol–water partition coefficient (Wildman–Crippen LogP) is 2.81. The quantitative estimate of drug-likeness (QED) is 0.814. The maximum atomic E-state index is 5.36. The van der Waals surface area contributed by atoms with Crippen LogP contribution in [0.25, 0.3) is 0 Å². The zero-order valence-electron chi connectivity index (χ0n) is 11.4. The number of rotatable bonds is 7. The normalized spacial score (nSPS) is 15.2. The molecule has 1 aromatic rings. The molecule has 1 N–H and O–H groups in total. The molecular weight excluding hydrogens is 234 g/mol. The van der Waals surface area contributed by atoms with Crippen LogP contribution >= 0.6 is 11.8 Å². The van der Waals surface area contributed by atoms with Crippen molar-refractivity contribution in [3.63, 3.8) is 0 Å². The summed E-state index contributed by atoms with van der Waals surface area (Å²) < 4.78 is 5.36. The lowest BCUT2D eigenvalue weighted by atomic mass is 9.98. The Morgan fingerprint density at radius 2 is 2.06 bits per heavy atom. The van der Waals surface area contributed by atoms with Gasteiger partial charge in [-0.05, 0) is 25.6 Å². The highest BCUT2D eigenvalue weighted by Gasteiger charge is 2.22. The average Bonchev–Trinajstić information content (AvgIpc) is 2.75. The van der Waals surface area contributed by atoms with Crippen molar-refractivity contribution in [3.05, 3.63) is 11.7 Å². The fourth-order valence-electron chi connectivity index (χ4n) is 1.66. The van der Waals surface area contributed by atoms with E-state index in [1.54, 1.807) is 0 Å². The van der Waals surface area contributed by atoms with Crippen molar-refractivity contribution in [2.45, 2.75) is 57.1 Å². The highest BCUT2D eigenvalue weighted by atomic mass is 32.2. The first kappa shape index (κ1) is 14.5. The van der Waals surface area contributed by atoms with Gasteiger partial charge in [-0.15, -0.1) is 0 Å². The Labute approximate surface area is 108 Å². The molecule has 98 valence electrons. The van der Waals surface area contributed by atoms with Gasteiger partial charge in [0.05, 0.1) is 11.7 Å². The Balaban J connectivity index is 2.65. The zero-order chi connectivity index (χ0) is 12.8. The maximum absolute atomic E-state index is 5.36. The molecule has 5 heteroatoms. The highest BCUT2D eigenvalue weighted by molar-refractivity contribution is 7.99. The number of thioether (sulfide) groups is 1. The summed E-state index contributed by atoms with van der Waals surface area (Å²) in [6.45, 7) is 8.62. The van der Waals surface area contributed by atoms with Crippen LogP contribution in [0.15, 0.2) is 4.52 Å². The first-order valence-electron chi connectivity index (χ1n) is 6.19. The van der Waals surface area contributed by atoms with Crippen LogP contribution in [0.1, 0.15) is 51.7 Å². The average molecular weight is 257 g/mol. The van der Waals surface area contributed by atoms with Crippen molar-refractivity contribution in [1.29, 1.82) is 0 Å². The van der Waals surface area contributed by atoms with Crippen molar-refractivity contribution >= 4 is 11.8 Å². The highest BCUT2D eigenvalue weighted by Crippen LogP contribution is 2.23. The van der Waals surface area contributed by atoms with Crippen LogP contribution in [0.3, 0.4) is 0 Å². The second-order valence-corrected chi connectivity index (χ2v) is 6.07. The Hall–Kier alpha value is -0.550. The second kappa shape index (κ2) is 7.01. The van der Waals surface area contributed by atoms with E-state index in [9.17, 15) is 0 Å². The molecule has 0 aliphatic rings. The minimum Gasteiger partial charge on any atom is -0.339 e. The Kier molecular flexibility index (Phi) is 5.98. The van der Waals surface area contributed by atoms with Crippen LogP contribution < -0.4 is 5.32 Å². The van der Waals surface area contributed by atoms with Gasteiger partial charge in [0.15, 0.2) is 5.82 Å². The van der Waals surface area contributed by atoms with Gasteiger partial charge < -0.3 is 9.84 Å². The van der Waals surface area contributed by atoms with Crippen LogP contribution in [0, 0.1) is 0 Å². The molecule has 0 bridgehead atoms. The van der Waals surface area contributed by atoms with Gasteiger partial charge in [-0.3, -0.25) is 0 Å². The van der Waals surface area contributed by atoms with Crippen molar-refractivity contribution in [2.24, 2.45) is 0 Å².